The van der Waals surface area contributed by atoms with Crippen molar-refractivity contribution < 1.29 is 4.52 Å². The molecule has 1 unspecified atom stereocenters. The third kappa shape index (κ3) is 2.96. The molecule has 0 aliphatic carbocycles. The highest BCUT2D eigenvalue weighted by Gasteiger charge is 2.35. The molecule has 0 amide bonds. The van der Waals surface area contributed by atoms with E-state index in [0.29, 0.717) is 6.04 Å². The normalized spacial score (nSPS) is 34.0. The van der Waals surface area contributed by atoms with Gasteiger partial charge in [0.15, 0.2) is 5.82 Å². The summed E-state index contributed by atoms with van der Waals surface area (Å²) in [4.78, 5) is 12.1. The highest BCUT2D eigenvalue weighted by atomic mass is 16.5. The van der Waals surface area contributed by atoms with Crippen LogP contribution in [0.5, 0.6) is 0 Å². The van der Waals surface area contributed by atoms with E-state index in [-0.39, 0.29) is 0 Å². The first kappa shape index (κ1) is 13.6. The highest BCUT2D eigenvalue weighted by molar-refractivity contribution is 5.01. The minimum absolute atomic E-state index is 0.329. The molecule has 5 heterocycles. The summed E-state index contributed by atoms with van der Waals surface area (Å²) in [6.07, 6.45) is 1.19. The maximum Gasteiger partial charge on any atom is 0.240 e. The van der Waals surface area contributed by atoms with Crippen molar-refractivity contribution in [1.29, 1.82) is 0 Å². The summed E-state index contributed by atoms with van der Waals surface area (Å²) in [5, 5.41) is 7.67. The van der Waals surface area contributed by atoms with Gasteiger partial charge in [-0.1, -0.05) is 5.16 Å². The van der Waals surface area contributed by atoms with E-state index in [1.807, 2.05) is 0 Å². The van der Waals surface area contributed by atoms with Gasteiger partial charge in [0.25, 0.3) is 0 Å². The first-order chi connectivity index (χ1) is 10.4. The molecule has 0 saturated carbocycles. The van der Waals surface area contributed by atoms with E-state index >= 15 is 0 Å². The van der Waals surface area contributed by atoms with Crippen LogP contribution in [-0.2, 0) is 6.54 Å². The summed E-state index contributed by atoms with van der Waals surface area (Å²) in [5.41, 5.74) is 0. The topological polar surface area (TPSA) is 60.7 Å². The predicted molar refractivity (Wildman–Crippen MR) is 77.8 cm³/mol. The number of rotatable bonds is 3. The van der Waals surface area contributed by atoms with Gasteiger partial charge >= 0.3 is 0 Å². The Balaban J connectivity index is 1.41. The van der Waals surface area contributed by atoms with Gasteiger partial charge in [-0.2, -0.15) is 4.98 Å². The fraction of sp³-hybridized carbons (Fsp3) is 0.857. The average molecular weight is 292 g/mol. The monoisotopic (exact) mass is 292 g/mol. The summed E-state index contributed by atoms with van der Waals surface area (Å²) in [6, 6.07) is 0.329. The Kier molecular flexibility index (Phi) is 3.89. The van der Waals surface area contributed by atoms with E-state index in [0.717, 1.165) is 64.1 Å². The molecule has 116 valence electrons. The molecule has 1 aromatic rings. The Bertz CT molecular complexity index is 462. The van der Waals surface area contributed by atoms with Crippen molar-refractivity contribution in [2.24, 2.45) is 0 Å². The standard InChI is InChI=1S/C14H24N6O/c1-2-15-3-5-18(4-1)11-13-16-14(17-21-13)12-10-19-6-8-20(12)9-7-19/h12,15H,1-11H2. The summed E-state index contributed by atoms with van der Waals surface area (Å²) in [5.74, 6) is 1.65. The lowest BCUT2D eigenvalue weighted by molar-refractivity contribution is 0.00781. The van der Waals surface area contributed by atoms with Gasteiger partial charge < -0.3 is 9.84 Å². The summed E-state index contributed by atoms with van der Waals surface area (Å²) in [7, 11) is 0. The molecular weight excluding hydrogens is 268 g/mol. The van der Waals surface area contributed by atoms with Crippen LogP contribution in [0.25, 0.3) is 0 Å². The maximum atomic E-state index is 5.50. The van der Waals surface area contributed by atoms with E-state index in [4.69, 9.17) is 4.52 Å². The van der Waals surface area contributed by atoms with Gasteiger partial charge in [0.1, 0.15) is 0 Å². The van der Waals surface area contributed by atoms with Gasteiger partial charge in [0.2, 0.25) is 5.89 Å². The third-order valence-corrected chi connectivity index (χ3v) is 4.85. The predicted octanol–water partition coefficient (Wildman–Crippen LogP) is -0.463. The lowest BCUT2D eigenvalue weighted by atomic mass is 10.1. The fourth-order valence-corrected chi connectivity index (χ4v) is 3.58. The van der Waals surface area contributed by atoms with Gasteiger partial charge in [0, 0.05) is 45.8 Å². The van der Waals surface area contributed by atoms with Crippen LogP contribution in [0.15, 0.2) is 4.52 Å². The molecule has 5 rings (SSSR count). The molecule has 4 aliphatic heterocycles. The Morgan fingerprint density at radius 2 is 2.00 bits per heavy atom. The molecule has 0 aromatic carbocycles. The minimum atomic E-state index is 0.329. The van der Waals surface area contributed by atoms with Crippen LogP contribution in [0.2, 0.25) is 0 Å². The Labute approximate surface area is 125 Å². The zero-order valence-electron chi connectivity index (χ0n) is 12.5. The molecule has 4 fully saturated rings. The number of piperazine rings is 3. The van der Waals surface area contributed by atoms with Crippen molar-refractivity contribution in [1.82, 2.24) is 30.2 Å². The first-order valence-corrected chi connectivity index (χ1v) is 8.10. The number of fused-ring (bicyclic) bond motifs is 3. The van der Waals surface area contributed by atoms with Crippen molar-refractivity contribution in [2.75, 3.05) is 58.9 Å². The molecule has 1 N–H and O–H groups in total. The molecule has 0 spiro atoms. The van der Waals surface area contributed by atoms with Gasteiger partial charge in [-0.15, -0.1) is 0 Å². The van der Waals surface area contributed by atoms with Gasteiger partial charge in [-0.05, 0) is 19.5 Å². The van der Waals surface area contributed by atoms with Crippen LogP contribution in [0, 0.1) is 0 Å². The van der Waals surface area contributed by atoms with E-state index in [2.05, 4.69) is 30.2 Å². The smallest absolute Gasteiger partial charge is 0.240 e. The van der Waals surface area contributed by atoms with Crippen molar-refractivity contribution >= 4 is 0 Å². The number of aromatic nitrogens is 2. The summed E-state index contributed by atoms with van der Waals surface area (Å²) >= 11 is 0. The van der Waals surface area contributed by atoms with Crippen LogP contribution >= 0.6 is 0 Å². The Morgan fingerprint density at radius 3 is 2.81 bits per heavy atom. The molecule has 1 aromatic heterocycles. The molecule has 4 saturated heterocycles. The van der Waals surface area contributed by atoms with Crippen molar-refractivity contribution in [3.05, 3.63) is 11.7 Å². The maximum absolute atomic E-state index is 5.50. The molecule has 4 aliphatic rings. The van der Waals surface area contributed by atoms with Gasteiger partial charge in [-0.25, -0.2) is 0 Å². The number of nitrogens with one attached hydrogen (secondary N) is 1. The van der Waals surface area contributed by atoms with E-state index in [9.17, 15) is 0 Å². The number of hydrogen-bond acceptors (Lipinski definition) is 7. The summed E-state index contributed by atoms with van der Waals surface area (Å²) in [6.45, 7) is 10.8. The van der Waals surface area contributed by atoms with Gasteiger partial charge in [-0.3, -0.25) is 14.7 Å². The number of nitrogens with zero attached hydrogens (tertiary/aromatic N) is 5. The molecule has 7 heteroatoms. The first-order valence-electron chi connectivity index (χ1n) is 8.10. The van der Waals surface area contributed by atoms with Crippen LogP contribution < -0.4 is 5.32 Å². The highest BCUT2D eigenvalue weighted by Crippen LogP contribution is 2.26. The van der Waals surface area contributed by atoms with Crippen LogP contribution in [0.3, 0.4) is 0 Å². The largest absolute Gasteiger partial charge is 0.338 e. The molecule has 2 bridgehead atoms. The zero-order chi connectivity index (χ0) is 14.1. The average Bonchev–Trinajstić information content (AvgIpc) is 2.84. The second kappa shape index (κ2) is 6.00. The van der Waals surface area contributed by atoms with E-state index in [1.54, 1.807) is 0 Å². The zero-order valence-corrected chi connectivity index (χ0v) is 12.5. The number of hydrogen-bond donors (Lipinski definition) is 1. The second-order valence-electron chi connectivity index (χ2n) is 6.28. The lowest BCUT2D eigenvalue weighted by Crippen LogP contribution is -2.57. The molecule has 0 radical (unpaired) electrons. The molecule has 21 heavy (non-hydrogen) atoms. The molecular formula is C14H24N6O. The van der Waals surface area contributed by atoms with Crippen molar-refractivity contribution in [2.45, 2.75) is 19.0 Å². The summed E-state index contributed by atoms with van der Waals surface area (Å²) < 4.78 is 5.50. The van der Waals surface area contributed by atoms with Crippen molar-refractivity contribution in [3.8, 4) is 0 Å². The Hall–Kier alpha value is -1.02. The van der Waals surface area contributed by atoms with Crippen LogP contribution in [-0.4, -0.2) is 83.7 Å². The quantitative estimate of drug-likeness (QED) is 0.808. The van der Waals surface area contributed by atoms with E-state index in [1.165, 1.54) is 19.5 Å². The minimum Gasteiger partial charge on any atom is -0.338 e. The molecule has 7 nitrogen and oxygen atoms in total. The third-order valence-electron chi connectivity index (χ3n) is 4.85. The van der Waals surface area contributed by atoms with E-state index < -0.39 is 0 Å². The fourth-order valence-electron chi connectivity index (χ4n) is 3.58. The molecule has 1 atom stereocenters. The lowest BCUT2D eigenvalue weighted by Gasteiger charge is -2.46. The van der Waals surface area contributed by atoms with Crippen LogP contribution in [0.4, 0.5) is 0 Å². The van der Waals surface area contributed by atoms with Gasteiger partial charge in [0.05, 0.1) is 12.6 Å². The van der Waals surface area contributed by atoms with Crippen LogP contribution in [0.1, 0.15) is 24.2 Å². The SMILES string of the molecule is C1CNCCN(Cc2nc(C3CN4CCN3CC4)no2)C1. The Morgan fingerprint density at radius 1 is 1.10 bits per heavy atom. The second-order valence-corrected chi connectivity index (χ2v) is 6.28. The van der Waals surface area contributed by atoms with Crippen molar-refractivity contribution in [3.63, 3.8) is 0 Å².